The minimum absolute atomic E-state index is 0. The topological polar surface area (TPSA) is 80.9 Å². The van der Waals surface area contributed by atoms with E-state index in [0.29, 0.717) is 0 Å². The number of rotatable bonds is 12. The Morgan fingerprint density at radius 3 is 0.261 bits per heavy atom. The molecule has 0 atom stereocenters. The summed E-state index contributed by atoms with van der Waals surface area (Å²) in [5.41, 5.74) is 9.43. The van der Waals surface area contributed by atoms with Crippen LogP contribution >= 0.6 is 0 Å². The molecule has 0 radical (unpaired) electrons. The summed E-state index contributed by atoms with van der Waals surface area (Å²) in [6.45, 7) is 0. The molecule has 0 unspecified atom stereocenters. The molecule has 12 aliphatic carbocycles. The second-order valence-corrected chi connectivity index (χ2v) is 44.2. The van der Waals surface area contributed by atoms with Crippen LogP contribution in [0.5, 0.6) is 0 Å². The van der Waals surface area contributed by atoms with Gasteiger partial charge in [-0.25, -0.2) is 0 Å². The van der Waals surface area contributed by atoms with Crippen LogP contribution in [0.1, 0.15) is 308 Å². The Bertz CT molecular complexity index is 1050. The van der Waals surface area contributed by atoms with Crippen molar-refractivity contribution in [2.75, 3.05) is 0 Å². The maximum atomic E-state index is 11.6. The monoisotopic (exact) mass is 1100 g/mol. The van der Waals surface area contributed by atoms with Crippen molar-refractivity contribution >= 4 is 33.3 Å². The molecule has 9 heteroatoms. The second kappa shape index (κ2) is 27.3. The van der Waals surface area contributed by atoms with Crippen molar-refractivity contribution in [3.8, 4) is 0 Å². The fraction of sp³-hybridized carbons (Fsp3) is 1.00. The molecular formula is C60H112O4Si4Zr. The van der Waals surface area contributed by atoms with E-state index in [2.05, 4.69) is 0 Å². The number of hydrogen-bond acceptors (Lipinski definition) is 4. The Morgan fingerprint density at radius 2 is 0.203 bits per heavy atom. The van der Waals surface area contributed by atoms with Crippen LogP contribution in [0.2, 0.25) is 66.5 Å². The second-order valence-electron chi connectivity index (χ2n) is 27.3. The van der Waals surface area contributed by atoms with Gasteiger partial charge in [0.25, 0.3) is 0 Å². The summed E-state index contributed by atoms with van der Waals surface area (Å²) in [5, 5.41) is 0. The van der Waals surface area contributed by atoms with Crippen molar-refractivity contribution in [2.24, 2.45) is 0 Å². The van der Waals surface area contributed by atoms with Crippen LogP contribution in [0.25, 0.3) is 0 Å². The Hall–Kier alpha value is 1.59. The largest absolute Gasteiger partial charge is 0.431 e. The molecule has 0 aromatic carbocycles. The minimum atomic E-state index is -1.95. The van der Waals surface area contributed by atoms with Crippen LogP contribution in [0, 0.1) is 0 Å². The molecule has 12 saturated carbocycles. The molecule has 0 aromatic rings. The van der Waals surface area contributed by atoms with Gasteiger partial charge in [-0.05, 0) is 66.5 Å². The van der Waals surface area contributed by atoms with Crippen molar-refractivity contribution in [2.45, 2.75) is 375 Å². The molecule has 0 heterocycles. The molecule has 0 aliphatic heterocycles. The summed E-state index contributed by atoms with van der Waals surface area (Å²) in [6, 6.07) is 0. The first-order valence-corrected chi connectivity index (χ1v) is 40.9. The summed E-state index contributed by atoms with van der Waals surface area (Å²) in [4.78, 5) is 46.6. The van der Waals surface area contributed by atoms with E-state index >= 15 is 0 Å². The molecular weight excluding hydrogens is 988 g/mol. The molecule has 0 spiro atoms. The van der Waals surface area contributed by atoms with Crippen LogP contribution in [0.15, 0.2) is 0 Å². The van der Waals surface area contributed by atoms with E-state index in [1.54, 1.807) is 0 Å². The maximum absolute atomic E-state index is 11.6. The molecule has 4 N–H and O–H groups in total. The third-order valence-electron chi connectivity index (χ3n) is 24.1. The van der Waals surface area contributed by atoms with Crippen molar-refractivity contribution in [3.63, 3.8) is 0 Å². The van der Waals surface area contributed by atoms with E-state index in [4.69, 9.17) is 0 Å². The molecule has 0 amide bonds. The zero-order valence-electron chi connectivity index (χ0n) is 45.2. The molecule has 4 nitrogen and oxygen atoms in total. The van der Waals surface area contributed by atoms with E-state index < -0.39 is 33.3 Å². The first-order chi connectivity index (χ1) is 33.3. The van der Waals surface area contributed by atoms with Gasteiger partial charge in [-0.3, -0.25) is 0 Å². The molecule has 12 aliphatic rings. The Labute approximate surface area is 450 Å². The normalized spacial score (nSPS) is 29.0. The van der Waals surface area contributed by atoms with Crippen LogP contribution in [-0.4, -0.2) is 52.5 Å². The molecule has 0 bridgehead atoms. The standard InChI is InChI=1S/4C15H28OSi.Zr/c4*16-17(13-7-1-2-8-13,14-9-3-4-10-14)15-11-5-6-12-15;/h4*13-16H,1-12H2;. The van der Waals surface area contributed by atoms with Crippen molar-refractivity contribution < 1.29 is 45.4 Å². The molecule has 69 heavy (non-hydrogen) atoms. The van der Waals surface area contributed by atoms with E-state index in [1.165, 1.54) is 308 Å². The van der Waals surface area contributed by atoms with Gasteiger partial charge in [0.15, 0.2) is 33.3 Å². The van der Waals surface area contributed by atoms with Crippen LogP contribution in [-0.2, 0) is 26.2 Å². The van der Waals surface area contributed by atoms with E-state index in [0.717, 1.165) is 66.5 Å². The zero-order chi connectivity index (χ0) is 46.9. The van der Waals surface area contributed by atoms with Crippen molar-refractivity contribution in [3.05, 3.63) is 0 Å². The summed E-state index contributed by atoms with van der Waals surface area (Å²) in [5.74, 6) is 0. The average Bonchev–Trinajstić information content (AvgIpc) is 4.25. The van der Waals surface area contributed by atoms with Gasteiger partial charge < -0.3 is 19.2 Å². The molecule has 12 fully saturated rings. The third kappa shape index (κ3) is 12.8. The number of hydrogen-bond donors (Lipinski definition) is 4. The van der Waals surface area contributed by atoms with Gasteiger partial charge in [0.1, 0.15) is 0 Å². The predicted molar refractivity (Wildman–Crippen MR) is 299 cm³/mol. The van der Waals surface area contributed by atoms with E-state index in [9.17, 15) is 19.2 Å². The Kier molecular flexibility index (Phi) is 22.4. The smallest absolute Gasteiger partial charge is 0.197 e. The first kappa shape index (κ1) is 56.8. The van der Waals surface area contributed by atoms with Gasteiger partial charge in [0.2, 0.25) is 0 Å². The average molecular weight is 1100 g/mol. The molecule has 12 rings (SSSR count). The molecule has 396 valence electrons. The van der Waals surface area contributed by atoms with E-state index in [1.807, 2.05) is 0 Å². The van der Waals surface area contributed by atoms with Gasteiger partial charge >= 0.3 is 0 Å². The van der Waals surface area contributed by atoms with Crippen molar-refractivity contribution in [1.29, 1.82) is 0 Å². The Morgan fingerprint density at radius 1 is 0.145 bits per heavy atom. The quantitative estimate of drug-likeness (QED) is 0.147. The summed E-state index contributed by atoms with van der Waals surface area (Å²) in [7, 11) is -7.80. The fourth-order valence-corrected chi connectivity index (χ4v) is 44.7. The van der Waals surface area contributed by atoms with Gasteiger partial charge in [-0.1, -0.05) is 308 Å². The van der Waals surface area contributed by atoms with Gasteiger partial charge in [0.05, 0.1) is 0 Å². The SMILES string of the molecule is O[Si](C1CCCC1)(C1CCCC1)C1CCCC1.O[Si](C1CCCC1)(C1CCCC1)C1CCCC1.O[Si](C1CCCC1)(C1CCCC1)C1CCCC1.O[Si](C1CCCC1)(C1CCCC1)C1CCCC1.[Zr]. The molecule has 0 aromatic heterocycles. The van der Waals surface area contributed by atoms with E-state index in [-0.39, 0.29) is 26.2 Å². The summed E-state index contributed by atoms with van der Waals surface area (Å²) in [6.07, 6.45) is 66.6. The zero-order valence-corrected chi connectivity index (χ0v) is 51.6. The fourth-order valence-electron chi connectivity index (χ4n) is 20.7. The predicted octanol–water partition coefficient (Wildman–Crippen LogP) is 19.0. The summed E-state index contributed by atoms with van der Waals surface area (Å²) >= 11 is 0. The Balaban J connectivity index is 0.000000123. The van der Waals surface area contributed by atoms with Gasteiger partial charge in [-0.2, -0.15) is 0 Å². The maximum Gasteiger partial charge on any atom is 0.197 e. The van der Waals surface area contributed by atoms with Gasteiger partial charge in [-0.15, -0.1) is 0 Å². The summed E-state index contributed by atoms with van der Waals surface area (Å²) < 4.78 is 0. The van der Waals surface area contributed by atoms with Crippen LogP contribution in [0.3, 0.4) is 0 Å². The van der Waals surface area contributed by atoms with Crippen LogP contribution < -0.4 is 0 Å². The molecule has 0 saturated heterocycles. The minimum Gasteiger partial charge on any atom is -0.431 e. The van der Waals surface area contributed by atoms with Gasteiger partial charge in [0, 0.05) is 26.2 Å². The van der Waals surface area contributed by atoms with Crippen LogP contribution in [0.4, 0.5) is 0 Å². The van der Waals surface area contributed by atoms with Crippen molar-refractivity contribution in [1.82, 2.24) is 0 Å². The first-order valence-electron chi connectivity index (χ1n) is 32.2. The third-order valence-corrected chi connectivity index (χ3v) is 46.7.